The van der Waals surface area contributed by atoms with Crippen LogP contribution in [0.4, 0.5) is 10.5 Å². The second-order valence-electron chi connectivity index (χ2n) is 6.87. The number of carbonyl (C=O) groups is 1. The molecule has 1 saturated heterocycles. The number of nitrogens with zero attached hydrogens (tertiary/aromatic N) is 4. The van der Waals surface area contributed by atoms with E-state index in [2.05, 4.69) is 15.6 Å². The number of urea groups is 1. The number of anilines is 1. The first-order valence-corrected chi connectivity index (χ1v) is 8.70. The molecule has 1 saturated carbocycles. The lowest BCUT2D eigenvalue weighted by Gasteiger charge is -2.32. The monoisotopic (exact) mass is 329 g/mol. The van der Waals surface area contributed by atoms with Crippen LogP contribution < -0.4 is 5.32 Å². The highest BCUT2D eigenvalue weighted by Gasteiger charge is 2.33. The summed E-state index contributed by atoms with van der Waals surface area (Å²) in [6.45, 7) is 4.36. The Labute approximate surface area is 141 Å². The van der Waals surface area contributed by atoms with Crippen molar-refractivity contribution >= 4 is 11.7 Å². The summed E-state index contributed by atoms with van der Waals surface area (Å²) in [4.78, 5) is 14.5. The lowest BCUT2D eigenvalue weighted by Crippen LogP contribution is -2.41. The van der Waals surface area contributed by atoms with Crippen molar-refractivity contribution in [2.45, 2.75) is 45.1 Å². The summed E-state index contributed by atoms with van der Waals surface area (Å²) in [5.41, 5.74) is 1.54. The van der Waals surface area contributed by atoms with E-state index >= 15 is 0 Å². The third-order valence-electron chi connectivity index (χ3n) is 4.98. The van der Waals surface area contributed by atoms with E-state index in [0.29, 0.717) is 11.8 Å². The van der Waals surface area contributed by atoms with Gasteiger partial charge >= 0.3 is 6.03 Å². The Morgan fingerprint density at radius 1 is 1.33 bits per heavy atom. The van der Waals surface area contributed by atoms with Crippen LogP contribution in [0.2, 0.25) is 0 Å². The average Bonchev–Trinajstić information content (AvgIpc) is 3.19. The number of piperidine rings is 1. The van der Waals surface area contributed by atoms with E-state index in [0.717, 1.165) is 62.5 Å². The number of rotatable bonds is 4. The van der Waals surface area contributed by atoms with Crippen LogP contribution in [0.3, 0.4) is 0 Å². The quantitative estimate of drug-likeness (QED) is 0.935. The van der Waals surface area contributed by atoms with E-state index in [4.69, 9.17) is 4.52 Å². The van der Waals surface area contributed by atoms with E-state index in [1.54, 1.807) is 6.20 Å². The molecule has 0 aromatic carbocycles. The van der Waals surface area contributed by atoms with E-state index < -0.39 is 0 Å². The van der Waals surface area contributed by atoms with Gasteiger partial charge in [-0.05, 0) is 44.6 Å². The van der Waals surface area contributed by atoms with Crippen LogP contribution in [0.5, 0.6) is 0 Å². The molecule has 4 rings (SSSR count). The molecule has 0 radical (unpaired) electrons. The second-order valence-corrected chi connectivity index (χ2v) is 6.87. The number of nitrogens with one attached hydrogen (secondary N) is 1. The Morgan fingerprint density at radius 3 is 2.79 bits per heavy atom. The number of likely N-dealkylation sites (tertiary alicyclic amines) is 1. The average molecular weight is 329 g/mol. The van der Waals surface area contributed by atoms with Gasteiger partial charge in [-0.2, -0.15) is 5.10 Å². The van der Waals surface area contributed by atoms with E-state index in [-0.39, 0.29) is 6.03 Å². The lowest BCUT2D eigenvalue weighted by molar-refractivity contribution is 0.175. The molecule has 24 heavy (non-hydrogen) atoms. The van der Waals surface area contributed by atoms with Gasteiger partial charge in [0.25, 0.3) is 0 Å². The van der Waals surface area contributed by atoms with Gasteiger partial charge in [-0.3, -0.25) is 4.68 Å². The largest absolute Gasteiger partial charge is 0.359 e. The molecule has 128 valence electrons. The molecular formula is C17H23N5O2. The maximum atomic E-state index is 12.6. The van der Waals surface area contributed by atoms with Crippen molar-refractivity contribution in [3.05, 3.63) is 29.9 Å². The zero-order valence-corrected chi connectivity index (χ0v) is 13.9. The standard InChI is InChI=1S/C17H23N5O2/c1-12-15(16(24-20-12)14-3-4-14)19-17(23)21-9-5-13(6-10-21)11-22-8-2-7-18-22/h2,7-8,13-14H,3-6,9-11H2,1H3,(H,19,23). The van der Waals surface area contributed by atoms with Gasteiger partial charge in [-0.25, -0.2) is 4.79 Å². The fourth-order valence-electron chi connectivity index (χ4n) is 3.34. The van der Waals surface area contributed by atoms with Gasteiger partial charge in [-0.15, -0.1) is 0 Å². The van der Waals surface area contributed by atoms with E-state index in [9.17, 15) is 4.79 Å². The number of aromatic nitrogens is 3. The molecule has 2 amide bonds. The van der Waals surface area contributed by atoms with Gasteiger partial charge in [0.1, 0.15) is 11.4 Å². The lowest BCUT2D eigenvalue weighted by atomic mass is 9.97. The van der Waals surface area contributed by atoms with E-state index in [1.165, 1.54) is 0 Å². The predicted octanol–water partition coefficient (Wildman–Crippen LogP) is 3.00. The van der Waals surface area contributed by atoms with Crippen molar-refractivity contribution in [1.29, 1.82) is 0 Å². The van der Waals surface area contributed by atoms with Crippen molar-refractivity contribution in [1.82, 2.24) is 19.8 Å². The number of hydrogen-bond acceptors (Lipinski definition) is 4. The Morgan fingerprint density at radius 2 is 2.12 bits per heavy atom. The molecule has 1 aliphatic heterocycles. The van der Waals surface area contributed by atoms with Crippen molar-refractivity contribution in [2.75, 3.05) is 18.4 Å². The zero-order chi connectivity index (χ0) is 16.5. The summed E-state index contributed by atoms with van der Waals surface area (Å²) >= 11 is 0. The minimum Gasteiger partial charge on any atom is -0.359 e. The molecule has 2 fully saturated rings. The van der Waals surface area contributed by atoms with Crippen LogP contribution in [0.25, 0.3) is 0 Å². The number of carbonyl (C=O) groups excluding carboxylic acids is 1. The first kappa shape index (κ1) is 15.2. The highest BCUT2D eigenvalue weighted by Crippen LogP contribution is 2.44. The van der Waals surface area contributed by atoms with Crippen LogP contribution in [0, 0.1) is 12.8 Å². The molecule has 0 unspecified atom stereocenters. The number of aryl methyl sites for hydroxylation is 1. The summed E-state index contributed by atoms with van der Waals surface area (Å²) in [7, 11) is 0. The van der Waals surface area contributed by atoms with Crippen LogP contribution >= 0.6 is 0 Å². The molecule has 7 nitrogen and oxygen atoms in total. The van der Waals surface area contributed by atoms with Crippen molar-refractivity contribution in [3.63, 3.8) is 0 Å². The maximum absolute atomic E-state index is 12.6. The van der Waals surface area contributed by atoms with Crippen molar-refractivity contribution < 1.29 is 9.32 Å². The van der Waals surface area contributed by atoms with Gasteiger partial charge in [0, 0.05) is 37.9 Å². The first-order valence-electron chi connectivity index (χ1n) is 8.70. The Balaban J connectivity index is 1.32. The topological polar surface area (TPSA) is 76.2 Å². The highest BCUT2D eigenvalue weighted by molar-refractivity contribution is 5.90. The fraction of sp³-hybridized carbons (Fsp3) is 0.588. The fourth-order valence-corrected chi connectivity index (χ4v) is 3.34. The minimum absolute atomic E-state index is 0.0410. The van der Waals surface area contributed by atoms with Gasteiger partial charge in [-0.1, -0.05) is 5.16 Å². The Hall–Kier alpha value is -2.31. The third kappa shape index (κ3) is 3.16. The molecule has 1 aliphatic carbocycles. The Kier molecular flexibility index (Phi) is 4.00. The van der Waals surface area contributed by atoms with Gasteiger partial charge in [0.2, 0.25) is 0 Å². The molecule has 1 N–H and O–H groups in total. The van der Waals surface area contributed by atoms with Crippen LogP contribution in [0.15, 0.2) is 23.0 Å². The molecule has 0 bridgehead atoms. The van der Waals surface area contributed by atoms with E-state index in [1.807, 2.05) is 28.8 Å². The summed E-state index contributed by atoms with van der Waals surface area (Å²) in [5.74, 6) is 1.85. The van der Waals surface area contributed by atoms with Gasteiger partial charge in [0.05, 0.1) is 0 Å². The van der Waals surface area contributed by atoms with Gasteiger partial charge in [0.15, 0.2) is 5.76 Å². The van der Waals surface area contributed by atoms with Crippen molar-refractivity contribution in [2.24, 2.45) is 5.92 Å². The number of hydrogen-bond donors (Lipinski definition) is 1. The maximum Gasteiger partial charge on any atom is 0.321 e. The molecule has 2 aliphatic rings. The van der Waals surface area contributed by atoms with Crippen LogP contribution in [0.1, 0.15) is 43.1 Å². The molecule has 0 atom stereocenters. The predicted molar refractivity (Wildman–Crippen MR) is 88.8 cm³/mol. The SMILES string of the molecule is Cc1noc(C2CC2)c1NC(=O)N1CCC(Cn2cccn2)CC1. The Bertz CT molecular complexity index is 697. The number of amides is 2. The summed E-state index contributed by atoms with van der Waals surface area (Å²) in [6.07, 6.45) is 8.05. The summed E-state index contributed by atoms with van der Waals surface area (Å²) in [6, 6.07) is 1.90. The molecule has 2 aromatic heterocycles. The second kappa shape index (κ2) is 6.30. The molecule has 0 spiro atoms. The summed E-state index contributed by atoms with van der Waals surface area (Å²) in [5, 5.41) is 11.3. The summed E-state index contributed by atoms with van der Waals surface area (Å²) < 4.78 is 7.37. The van der Waals surface area contributed by atoms with Crippen molar-refractivity contribution in [3.8, 4) is 0 Å². The minimum atomic E-state index is -0.0410. The third-order valence-corrected chi connectivity index (χ3v) is 4.98. The first-order chi connectivity index (χ1) is 11.7. The van der Waals surface area contributed by atoms with Gasteiger partial charge < -0.3 is 14.7 Å². The molecule has 2 aromatic rings. The normalized spacial score (nSPS) is 18.8. The zero-order valence-electron chi connectivity index (χ0n) is 13.9. The molecular weight excluding hydrogens is 306 g/mol. The molecule has 3 heterocycles. The van der Waals surface area contributed by atoms with Crippen LogP contribution in [-0.4, -0.2) is 39.0 Å². The molecule has 7 heteroatoms. The van der Waals surface area contributed by atoms with Crippen LogP contribution in [-0.2, 0) is 6.54 Å². The highest BCUT2D eigenvalue weighted by atomic mass is 16.5. The smallest absolute Gasteiger partial charge is 0.321 e.